The highest BCUT2D eigenvalue weighted by molar-refractivity contribution is 5.77. The first-order valence-electron chi connectivity index (χ1n) is 3.79. The second-order valence-corrected chi connectivity index (χ2v) is 3.14. The van der Waals surface area contributed by atoms with E-state index >= 15 is 0 Å². The van der Waals surface area contributed by atoms with E-state index in [2.05, 4.69) is 19.2 Å². The van der Waals surface area contributed by atoms with E-state index in [1.807, 2.05) is 6.92 Å². The molecule has 0 saturated carbocycles. The first kappa shape index (κ1) is 9.47. The summed E-state index contributed by atoms with van der Waals surface area (Å²) in [4.78, 5) is 10.9. The van der Waals surface area contributed by atoms with E-state index in [1.165, 1.54) is 0 Å². The highest BCUT2D eigenvalue weighted by Gasteiger charge is 2.11. The van der Waals surface area contributed by atoms with Crippen LogP contribution in [-0.4, -0.2) is 13.0 Å². The van der Waals surface area contributed by atoms with Crippen molar-refractivity contribution >= 4 is 5.91 Å². The monoisotopic (exact) mass is 143 g/mol. The molecule has 0 aromatic heterocycles. The Bertz CT molecular complexity index is 110. The molecule has 0 radical (unpaired) electrons. The number of rotatable bonds is 3. The third kappa shape index (κ3) is 3.49. The Morgan fingerprint density at radius 1 is 1.40 bits per heavy atom. The molecule has 0 bridgehead atoms. The molecular formula is C8H17NO. The van der Waals surface area contributed by atoms with Gasteiger partial charge in [0.25, 0.3) is 0 Å². The molecule has 0 spiro atoms. The van der Waals surface area contributed by atoms with E-state index in [0.29, 0.717) is 5.92 Å². The summed E-state index contributed by atoms with van der Waals surface area (Å²) in [6.45, 7) is 6.21. The van der Waals surface area contributed by atoms with Crippen LogP contribution in [-0.2, 0) is 4.79 Å². The molecule has 0 aromatic rings. The van der Waals surface area contributed by atoms with Crippen molar-refractivity contribution in [1.29, 1.82) is 0 Å². The Morgan fingerprint density at radius 3 is 2.20 bits per heavy atom. The molecular weight excluding hydrogens is 126 g/mol. The SMILES string of the molecule is CNC(=O)C(C)CC(C)C. The number of carbonyl (C=O) groups excluding carboxylic acids is 1. The van der Waals surface area contributed by atoms with Crippen LogP contribution in [0.1, 0.15) is 27.2 Å². The summed E-state index contributed by atoms with van der Waals surface area (Å²) in [5, 5.41) is 2.63. The summed E-state index contributed by atoms with van der Waals surface area (Å²) < 4.78 is 0. The maximum atomic E-state index is 10.9. The first-order chi connectivity index (χ1) is 4.57. The fourth-order valence-corrected chi connectivity index (χ4v) is 1.06. The summed E-state index contributed by atoms with van der Waals surface area (Å²) in [6.07, 6.45) is 0.972. The van der Waals surface area contributed by atoms with Crippen molar-refractivity contribution in [2.45, 2.75) is 27.2 Å². The zero-order chi connectivity index (χ0) is 8.15. The highest BCUT2D eigenvalue weighted by Crippen LogP contribution is 2.09. The van der Waals surface area contributed by atoms with Gasteiger partial charge in [0.2, 0.25) is 5.91 Å². The molecule has 0 aliphatic rings. The lowest BCUT2D eigenvalue weighted by molar-refractivity contribution is -0.124. The fraction of sp³-hybridized carbons (Fsp3) is 0.875. The van der Waals surface area contributed by atoms with E-state index in [9.17, 15) is 4.79 Å². The van der Waals surface area contributed by atoms with E-state index in [0.717, 1.165) is 6.42 Å². The standard InChI is InChI=1S/C8H17NO/c1-6(2)5-7(3)8(10)9-4/h6-7H,5H2,1-4H3,(H,9,10). The highest BCUT2D eigenvalue weighted by atomic mass is 16.1. The minimum Gasteiger partial charge on any atom is -0.359 e. The minimum absolute atomic E-state index is 0.147. The third-order valence-corrected chi connectivity index (χ3v) is 1.52. The van der Waals surface area contributed by atoms with Crippen LogP contribution in [0.25, 0.3) is 0 Å². The lowest BCUT2D eigenvalue weighted by Gasteiger charge is -2.11. The van der Waals surface area contributed by atoms with Crippen LogP contribution < -0.4 is 5.32 Å². The number of hydrogen-bond donors (Lipinski definition) is 1. The zero-order valence-corrected chi connectivity index (χ0v) is 7.27. The van der Waals surface area contributed by atoms with Gasteiger partial charge in [-0.25, -0.2) is 0 Å². The second kappa shape index (κ2) is 4.31. The number of hydrogen-bond acceptors (Lipinski definition) is 1. The van der Waals surface area contributed by atoms with Gasteiger partial charge in [0, 0.05) is 13.0 Å². The van der Waals surface area contributed by atoms with E-state index < -0.39 is 0 Å². The van der Waals surface area contributed by atoms with Crippen LogP contribution in [0.4, 0.5) is 0 Å². The number of nitrogens with one attached hydrogen (secondary N) is 1. The summed E-state index contributed by atoms with van der Waals surface area (Å²) in [5.41, 5.74) is 0. The molecule has 0 rings (SSSR count). The third-order valence-electron chi connectivity index (χ3n) is 1.52. The summed E-state index contributed by atoms with van der Waals surface area (Å²) in [7, 11) is 1.68. The van der Waals surface area contributed by atoms with Crippen molar-refractivity contribution in [1.82, 2.24) is 5.32 Å². The lowest BCUT2D eigenvalue weighted by atomic mass is 9.98. The molecule has 1 atom stereocenters. The van der Waals surface area contributed by atoms with Crippen molar-refractivity contribution in [3.05, 3.63) is 0 Å². The van der Waals surface area contributed by atoms with Gasteiger partial charge in [0.1, 0.15) is 0 Å². The fourth-order valence-electron chi connectivity index (χ4n) is 1.06. The molecule has 10 heavy (non-hydrogen) atoms. The van der Waals surface area contributed by atoms with Crippen molar-refractivity contribution in [2.24, 2.45) is 11.8 Å². The Morgan fingerprint density at radius 2 is 1.90 bits per heavy atom. The van der Waals surface area contributed by atoms with Crippen LogP contribution in [0.2, 0.25) is 0 Å². The molecule has 2 nitrogen and oxygen atoms in total. The molecule has 0 saturated heterocycles. The molecule has 0 aliphatic carbocycles. The van der Waals surface area contributed by atoms with Crippen molar-refractivity contribution < 1.29 is 4.79 Å². The van der Waals surface area contributed by atoms with Gasteiger partial charge in [0.15, 0.2) is 0 Å². The van der Waals surface area contributed by atoms with Crippen LogP contribution in [0, 0.1) is 11.8 Å². The van der Waals surface area contributed by atoms with E-state index in [-0.39, 0.29) is 11.8 Å². The summed E-state index contributed by atoms with van der Waals surface area (Å²) >= 11 is 0. The maximum Gasteiger partial charge on any atom is 0.222 e. The van der Waals surface area contributed by atoms with Crippen LogP contribution >= 0.6 is 0 Å². The van der Waals surface area contributed by atoms with E-state index in [1.54, 1.807) is 7.05 Å². The van der Waals surface area contributed by atoms with Gasteiger partial charge < -0.3 is 5.32 Å². The Balaban J connectivity index is 3.61. The molecule has 0 fully saturated rings. The number of amides is 1. The average molecular weight is 143 g/mol. The molecule has 1 unspecified atom stereocenters. The summed E-state index contributed by atoms with van der Waals surface area (Å²) in [5.74, 6) is 0.908. The van der Waals surface area contributed by atoms with Crippen molar-refractivity contribution in [2.75, 3.05) is 7.05 Å². The normalized spacial score (nSPS) is 13.3. The topological polar surface area (TPSA) is 29.1 Å². The molecule has 60 valence electrons. The van der Waals surface area contributed by atoms with Gasteiger partial charge in [-0.3, -0.25) is 4.79 Å². The molecule has 1 N–H and O–H groups in total. The van der Waals surface area contributed by atoms with Gasteiger partial charge >= 0.3 is 0 Å². The van der Waals surface area contributed by atoms with Gasteiger partial charge in [-0.05, 0) is 12.3 Å². The second-order valence-electron chi connectivity index (χ2n) is 3.14. The van der Waals surface area contributed by atoms with Gasteiger partial charge in [-0.1, -0.05) is 20.8 Å². The summed E-state index contributed by atoms with van der Waals surface area (Å²) in [6, 6.07) is 0. The molecule has 0 aliphatic heterocycles. The van der Waals surface area contributed by atoms with Crippen LogP contribution in [0.5, 0.6) is 0 Å². The molecule has 0 aromatic carbocycles. The lowest BCUT2D eigenvalue weighted by Crippen LogP contribution is -2.26. The Hall–Kier alpha value is -0.530. The molecule has 2 heteroatoms. The quantitative estimate of drug-likeness (QED) is 0.636. The van der Waals surface area contributed by atoms with E-state index in [4.69, 9.17) is 0 Å². The molecule has 0 heterocycles. The van der Waals surface area contributed by atoms with Gasteiger partial charge in [-0.15, -0.1) is 0 Å². The van der Waals surface area contributed by atoms with Crippen LogP contribution in [0.15, 0.2) is 0 Å². The smallest absolute Gasteiger partial charge is 0.222 e. The largest absolute Gasteiger partial charge is 0.359 e. The van der Waals surface area contributed by atoms with Gasteiger partial charge in [-0.2, -0.15) is 0 Å². The minimum atomic E-state index is 0.147. The van der Waals surface area contributed by atoms with Gasteiger partial charge in [0.05, 0.1) is 0 Å². The maximum absolute atomic E-state index is 10.9. The van der Waals surface area contributed by atoms with Crippen LogP contribution in [0.3, 0.4) is 0 Å². The average Bonchev–Trinajstić information content (AvgIpc) is 1.85. The number of carbonyl (C=O) groups is 1. The Labute approximate surface area is 63.0 Å². The first-order valence-corrected chi connectivity index (χ1v) is 3.79. The van der Waals surface area contributed by atoms with Crippen molar-refractivity contribution in [3.63, 3.8) is 0 Å². The predicted octanol–water partition coefficient (Wildman–Crippen LogP) is 1.41. The predicted molar refractivity (Wildman–Crippen MR) is 42.7 cm³/mol. The Kier molecular flexibility index (Phi) is 4.08. The van der Waals surface area contributed by atoms with Crippen molar-refractivity contribution in [3.8, 4) is 0 Å². The molecule has 1 amide bonds. The zero-order valence-electron chi connectivity index (χ0n) is 7.27.